The van der Waals surface area contributed by atoms with Crippen LogP contribution in [-0.4, -0.2) is 41.3 Å². The molecule has 3 aliphatic carbocycles. The summed E-state index contributed by atoms with van der Waals surface area (Å²) in [7, 11) is 0. The first kappa shape index (κ1) is 16.3. The van der Waals surface area contributed by atoms with Gasteiger partial charge < -0.3 is 5.32 Å². The molecule has 4 fully saturated rings. The summed E-state index contributed by atoms with van der Waals surface area (Å²) in [6.07, 6.45) is 16.1. The third kappa shape index (κ3) is 2.58. The average Bonchev–Trinajstić information content (AvgIpc) is 2.62. The second-order valence-electron chi connectivity index (χ2n) is 9.44. The monoisotopic (exact) mass is 343 g/mol. The predicted molar refractivity (Wildman–Crippen MR) is 99.6 cm³/mol. The zero-order valence-corrected chi connectivity index (χ0v) is 15.6. The van der Waals surface area contributed by atoms with Gasteiger partial charge in [0.2, 0.25) is 5.91 Å². The van der Waals surface area contributed by atoms with Crippen LogP contribution in [0.4, 0.5) is 0 Å². The molecule has 25 heavy (non-hydrogen) atoms. The van der Waals surface area contributed by atoms with E-state index in [2.05, 4.69) is 10.2 Å². The first-order valence-corrected chi connectivity index (χ1v) is 10.9. The highest BCUT2D eigenvalue weighted by Gasteiger charge is 2.58. The highest BCUT2D eigenvalue weighted by Crippen LogP contribution is 2.48. The highest BCUT2D eigenvalue weighted by atomic mass is 16.2. The smallest absolute Gasteiger partial charge is 0.235 e. The van der Waals surface area contributed by atoms with Crippen molar-refractivity contribution in [3.63, 3.8) is 0 Å². The number of piperidine rings is 1. The molecule has 1 saturated heterocycles. The Morgan fingerprint density at radius 1 is 0.920 bits per heavy atom. The largest absolute Gasteiger partial charge is 0.331 e. The Balaban J connectivity index is 1.48. The SMILES string of the molecule is O=C1NC2(CCCCC2)N=C2[C@@H]3CCC[C@@]12CN(C1CCCCC1)C3. The van der Waals surface area contributed by atoms with E-state index < -0.39 is 0 Å². The molecule has 2 aliphatic heterocycles. The van der Waals surface area contributed by atoms with Crippen molar-refractivity contribution in [1.29, 1.82) is 0 Å². The number of carbonyl (C=O) groups is 1. The van der Waals surface area contributed by atoms with Crippen LogP contribution in [0.1, 0.15) is 83.5 Å². The van der Waals surface area contributed by atoms with Gasteiger partial charge in [0.1, 0.15) is 5.66 Å². The van der Waals surface area contributed by atoms with Gasteiger partial charge in [-0.1, -0.05) is 32.1 Å². The molecule has 0 aromatic heterocycles. The number of hydrogen-bond donors (Lipinski definition) is 1. The van der Waals surface area contributed by atoms with Gasteiger partial charge in [0.25, 0.3) is 0 Å². The molecule has 2 atom stereocenters. The number of amides is 1. The molecule has 0 aromatic rings. The molecule has 5 aliphatic rings. The summed E-state index contributed by atoms with van der Waals surface area (Å²) in [5, 5.41) is 3.45. The Morgan fingerprint density at radius 3 is 2.48 bits per heavy atom. The van der Waals surface area contributed by atoms with Crippen molar-refractivity contribution in [2.45, 2.75) is 95.2 Å². The molecule has 138 valence electrons. The third-order valence-corrected chi connectivity index (χ3v) is 7.85. The second-order valence-corrected chi connectivity index (χ2v) is 9.44. The fraction of sp³-hybridized carbons (Fsp3) is 0.905. The van der Waals surface area contributed by atoms with E-state index in [1.807, 2.05) is 0 Å². The van der Waals surface area contributed by atoms with Crippen molar-refractivity contribution in [2.24, 2.45) is 16.3 Å². The van der Waals surface area contributed by atoms with Crippen LogP contribution in [0.15, 0.2) is 4.99 Å². The van der Waals surface area contributed by atoms with E-state index in [4.69, 9.17) is 4.99 Å². The quantitative estimate of drug-likeness (QED) is 0.790. The maximum Gasteiger partial charge on any atom is 0.235 e. The number of likely N-dealkylation sites (tertiary alicyclic amines) is 1. The zero-order chi connectivity index (χ0) is 16.9. The lowest BCUT2D eigenvalue weighted by Crippen LogP contribution is -2.70. The standard InChI is InChI=1S/C21H33N3O/c25-19-20-11-7-8-16(14-24(15-20)17-9-3-1-4-10-17)18(20)22-21(23-19)12-5-2-6-13-21/h16-17H,1-15H2,(H,23,25)/t16-,20+/m1/s1. The molecule has 1 amide bonds. The zero-order valence-electron chi connectivity index (χ0n) is 15.6. The van der Waals surface area contributed by atoms with Gasteiger partial charge in [-0.3, -0.25) is 14.7 Å². The summed E-state index contributed by atoms with van der Waals surface area (Å²) in [5.74, 6) is 0.860. The summed E-state index contributed by atoms with van der Waals surface area (Å²) in [6.45, 7) is 2.10. The van der Waals surface area contributed by atoms with Crippen LogP contribution >= 0.6 is 0 Å². The fourth-order valence-corrected chi connectivity index (χ4v) is 6.53. The van der Waals surface area contributed by atoms with E-state index in [1.54, 1.807) is 0 Å². The number of carbonyl (C=O) groups excluding carboxylic acids is 1. The number of hydrogen-bond acceptors (Lipinski definition) is 3. The van der Waals surface area contributed by atoms with Crippen LogP contribution in [0.2, 0.25) is 0 Å². The fourth-order valence-electron chi connectivity index (χ4n) is 6.53. The normalized spacial score (nSPS) is 38.8. The number of nitrogens with zero attached hydrogens (tertiary/aromatic N) is 2. The van der Waals surface area contributed by atoms with Crippen LogP contribution in [-0.2, 0) is 4.79 Å². The van der Waals surface area contributed by atoms with Gasteiger partial charge in [-0.15, -0.1) is 0 Å². The van der Waals surface area contributed by atoms with Crippen molar-refractivity contribution in [3.8, 4) is 0 Å². The van der Waals surface area contributed by atoms with Crippen LogP contribution < -0.4 is 5.32 Å². The topological polar surface area (TPSA) is 44.7 Å². The van der Waals surface area contributed by atoms with E-state index in [0.29, 0.717) is 17.9 Å². The number of rotatable bonds is 1. The second kappa shape index (κ2) is 6.07. The van der Waals surface area contributed by atoms with Crippen molar-refractivity contribution >= 4 is 11.6 Å². The Kier molecular flexibility index (Phi) is 3.96. The van der Waals surface area contributed by atoms with Gasteiger partial charge in [-0.25, -0.2) is 0 Å². The van der Waals surface area contributed by atoms with Crippen molar-refractivity contribution < 1.29 is 4.79 Å². The molecular formula is C21H33N3O. The minimum Gasteiger partial charge on any atom is -0.331 e. The summed E-state index contributed by atoms with van der Waals surface area (Å²) >= 11 is 0. The first-order valence-electron chi connectivity index (χ1n) is 10.9. The lowest BCUT2D eigenvalue weighted by Gasteiger charge is -2.56. The van der Waals surface area contributed by atoms with E-state index in [0.717, 1.165) is 32.4 Å². The number of aliphatic imine (C=N–C) groups is 1. The Morgan fingerprint density at radius 2 is 1.68 bits per heavy atom. The Hall–Kier alpha value is -0.900. The van der Waals surface area contributed by atoms with Crippen LogP contribution in [0.5, 0.6) is 0 Å². The van der Waals surface area contributed by atoms with Gasteiger partial charge in [0, 0.05) is 30.8 Å². The van der Waals surface area contributed by atoms with E-state index >= 15 is 0 Å². The van der Waals surface area contributed by atoms with Crippen molar-refractivity contribution in [2.75, 3.05) is 13.1 Å². The molecule has 3 saturated carbocycles. The molecular weight excluding hydrogens is 310 g/mol. The summed E-state index contributed by atoms with van der Waals surface area (Å²) in [6, 6.07) is 0.714. The molecule has 0 aromatic carbocycles. The molecule has 5 rings (SSSR count). The Bertz CT molecular complexity index is 574. The van der Waals surface area contributed by atoms with Crippen LogP contribution in [0.3, 0.4) is 0 Å². The van der Waals surface area contributed by atoms with Gasteiger partial charge >= 0.3 is 0 Å². The van der Waals surface area contributed by atoms with Gasteiger partial charge in [0.05, 0.1) is 5.41 Å². The minimum atomic E-state index is -0.290. The molecule has 4 nitrogen and oxygen atoms in total. The molecule has 4 heteroatoms. The molecule has 1 N–H and O–H groups in total. The maximum atomic E-state index is 13.4. The molecule has 1 spiro atoms. The van der Waals surface area contributed by atoms with Gasteiger partial charge in [0.15, 0.2) is 0 Å². The Labute approximate surface area is 151 Å². The summed E-state index contributed by atoms with van der Waals surface area (Å²) in [5.41, 5.74) is 0.786. The molecule has 0 unspecified atom stereocenters. The summed E-state index contributed by atoms with van der Waals surface area (Å²) < 4.78 is 0. The molecule has 2 heterocycles. The summed E-state index contributed by atoms with van der Waals surface area (Å²) in [4.78, 5) is 21.5. The number of nitrogens with one attached hydrogen (secondary N) is 1. The maximum absolute atomic E-state index is 13.4. The van der Waals surface area contributed by atoms with Crippen LogP contribution in [0.25, 0.3) is 0 Å². The van der Waals surface area contributed by atoms with Crippen molar-refractivity contribution in [1.82, 2.24) is 10.2 Å². The first-order chi connectivity index (χ1) is 12.2. The third-order valence-electron chi connectivity index (χ3n) is 7.85. The minimum absolute atomic E-state index is 0.239. The van der Waals surface area contributed by atoms with Crippen molar-refractivity contribution in [3.05, 3.63) is 0 Å². The lowest BCUT2D eigenvalue weighted by atomic mass is 9.62. The van der Waals surface area contributed by atoms with Crippen LogP contribution in [0, 0.1) is 11.3 Å². The van der Waals surface area contributed by atoms with E-state index in [9.17, 15) is 4.79 Å². The molecule has 2 bridgehead atoms. The lowest BCUT2D eigenvalue weighted by molar-refractivity contribution is -0.135. The predicted octanol–water partition coefficient (Wildman–Crippen LogP) is 3.65. The van der Waals surface area contributed by atoms with Gasteiger partial charge in [-0.05, 0) is 51.4 Å². The van der Waals surface area contributed by atoms with E-state index in [1.165, 1.54) is 69.9 Å². The molecule has 0 radical (unpaired) electrons. The average molecular weight is 344 g/mol. The van der Waals surface area contributed by atoms with E-state index in [-0.39, 0.29) is 11.1 Å². The highest BCUT2D eigenvalue weighted by molar-refractivity contribution is 6.13. The van der Waals surface area contributed by atoms with Gasteiger partial charge in [-0.2, -0.15) is 0 Å².